The highest BCUT2D eigenvalue weighted by molar-refractivity contribution is 5.17. The lowest BCUT2D eigenvalue weighted by molar-refractivity contribution is 0.293. The molecule has 58 valence electrons. The SMILES string of the molecule is C=C(/C=C(\C)OC)CNC. The summed E-state index contributed by atoms with van der Waals surface area (Å²) in [5, 5.41) is 3.00. The number of hydrogen-bond acceptors (Lipinski definition) is 2. The van der Waals surface area contributed by atoms with E-state index in [4.69, 9.17) is 4.74 Å². The van der Waals surface area contributed by atoms with Crippen LogP contribution in [0.2, 0.25) is 0 Å². The number of hydrogen-bond donors (Lipinski definition) is 1. The number of ether oxygens (including phenoxy) is 1. The molecule has 0 aromatic carbocycles. The highest BCUT2D eigenvalue weighted by Crippen LogP contribution is 1.98. The molecule has 2 nitrogen and oxygen atoms in total. The van der Waals surface area contributed by atoms with E-state index in [1.54, 1.807) is 7.11 Å². The second-order valence-electron chi connectivity index (χ2n) is 2.15. The first-order chi connectivity index (χ1) is 4.70. The predicted molar refractivity (Wildman–Crippen MR) is 43.8 cm³/mol. The molecule has 0 radical (unpaired) electrons. The molecule has 0 heterocycles. The van der Waals surface area contributed by atoms with Crippen molar-refractivity contribution in [3.63, 3.8) is 0 Å². The summed E-state index contributed by atoms with van der Waals surface area (Å²) in [5.41, 5.74) is 1.03. The lowest BCUT2D eigenvalue weighted by atomic mass is 10.2. The van der Waals surface area contributed by atoms with Crippen molar-refractivity contribution >= 4 is 0 Å². The van der Waals surface area contributed by atoms with Crippen molar-refractivity contribution < 1.29 is 4.74 Å². The molecule has 1 N–H and O–H groups in total. The van der Waals surface area contributed by atoms with Crippen molar-refractivity contribution in [2.45, 2.75) is 6.92 Å². The minimum absolute atomic E-state index is 0.806. The maximum atomic E-state index is 4.94. The Bertz CT molecular complexity index is 138. The van der Waals surface area contributed by atoms with Gasteiger partial charge in [-0.05, 0) is 25.6 Å². The van der Waals surface area contributed by atoms with Crippen LogP contribution in [-0.2, 0) is 4.74 Å². The van der Waals surface area contributed by atoms with E-state index >= 15 is 0 Å². The Morgan fingerprint density at radius 1 is 1.70 bits per heavy atom. The smallest absolute Gasteiger partial charge is 0.0927 e. The molecule has 0 spiro atoms. The summed E-state index contributed by atoms with van der Waals surface area (Å²) >= 11 is 0. The Morgan fingerprint density at radius 2 is 2.30 bits per heavy atom. The van der Waals surface area contributed by atoms with Crippen LogP contribution in [0, 0.1) is 0 Å². The van der Waals surface area contributed by atoms with Crippen molar-refractivity contribution in [2.75, 3.05) is 20.7 Å². The molecule has 0 aromatic heterocycles. The van der Waals surface area contributed by atoms with Crippen LogP contribution in [0.25, 0.3) is 0 Å². The van der Waals surface area contributed by atoms with Gasteiger partial charge in [-0.25, -0.2) is 0 Å². The summed E-state index contributed by atoms with van der Waals surface area (Å²) in [6.07, 6.45) is 1.91. The van der Waals surface area contributed by atoms with Gasteiger partial charge in [0.1, 0.15) is 0 Å². The molecule has 0 aliphatic heterocycles. The highest BCUT2D eigenvalue weighted by atomic mass is 16.5. The van der Waals surface area contributed by atoms with Crippen molar-refractivity contribution in [1.82, 2.24) is 5.32 Å². The fourth-order valence-corrected chi connectivity index (χ4v) is 0.624. The summed E-state index contributed by atoms with van der Waals surface area (Å²) in [6.45, 7) is 6.52. The minimum atomic E-state index is 0.806. The monoisotopic (exact) mass is 141 g/mol. The standard InChI is InChI=1S/C8H15NO/c1-7(6-9-3)5-8(2)10-4/h5,9H,1,6H2,2-4H3/b8-5+. The second-order valence-corrected chi connectivity index (χ2v) is 2.15. The Hall–Kier alpha value is -0.760. The molecule has 0 saturated heterocycles. The van der Waals surface area contributed by atoms with Gasteiger partial charge in [0.05, 0.1) is 12.9 Å². The first-order valence-electron chi connectivity index (χ1n) is 3.25. The molecule has 0 amide bonds. The Morgan fingerprint density at radius 3 is 2.70 bits per heavy atom. The van der Waals surface area contributed by atoms with Gasteiger partial charge in [-0.1, -0.05) is 6.58 Å². The summed E-state index contributed by atoms with van der Waals surface area (Å²) in [4.78, 5) is 0. The number of nitrogens with one attached hydrogen (secondary N) is 1. The summed E-state index contributed by atoms with van der Waals surface area (Å²) in [6, 6.07) is 0. The average Bonchev–Trinajstić information content (AvgIpc) is 1.88. The van der Waals surface area contributed by atoms with E-state index in [0.29, 0.717) is 0 Å². The maximum absolute atomic E-state index is 4.94. The van der Waals surface area contributed by atoms with Gasteiger partial charge in [-0.15, -0.1) is 0 Å². The van der Waals surface area contributed by atoms with E-state index in [0.717, 1.165) is 17.9 Å². The Balaban J connectivity index is 3.75. The van der Waals surface area contributed by atoms with E-state index in [2.05, 4.69) is 11.9 Å². The van der Waals surface area contributed by atoms with Gasteiger partial charge in [-0.3, -0.25) is 0 Å². The lowest BCUT2D eigenvalue weighted by Gasteiger charge is -2.00. The third kappa shape index (κ3) is 4.15. The topological polar surface area (TPSA) is 21.3 Å². The molecule has 0 saturated carbocycles. The first-order valence-corrected chi connectivity index (χ1v) is 3.25. The van der Waals surface area contributed by atoms with Crippen molar-refractivity contribution in [3.8, 4) is 0 Å². The maximum Gasteiger partial charge on any atom is 0.0927 e. The highest BCUT2D eigenvalue weighted by Gasteiger charge is 1.88. The summed E-state index contributed by atoms with van der Waals surface area (Å²) in [5.74, 6) is 0.889. The molecular weight excluding hydrogens is 126 g/mol. The van der Waals surface area contributed by atoms with E-state index in [9.17, 15) is 0 Å². The van der Waals surface area contributed by atoms with Crippen molar-refractivity contribution in [1.29, 1.82) is 0 Å². The summed E-state index contributed by atoms with van der Waals surface area (Å²) < 4.78 is 4.94. The Labute approximate surface area is 62.6 Å². The minimum Gasteiger partial charge on any atom is -0.501 e. The lowest BCUT2D eigenvalue weighted by Crippen LogP contribution is -2.08. The van der Waals surface area contributed by atoms with Gasteiger partial charge in [0.25, 0.3) is 0 Å². The molecule has 0 bridgehead atoms. The van der Waals surface area contributed by atoms with Gasteiger partial charge < -0.3 is 10.1 Å². The fourth-order valence-electron chi connectivity index (χ4n) is 0.624. The molecule has 0 aromatic rings. The molecule has 0 fully saturated rings. The van der Waals surface area contributed by atoms with Crippen LogP contribution in [0.4, 0.5) is 0 Å². The van der Waals surface area contributed by atoms with Crippen LogP contribution in [0.3, 0.4) is 0 Å². The fraction of sp³-hybridized carbons (Fsp3) is 0.500. The number of allylic oxidation sites excluding steroid dienone is 1. The van der Waals surface area contributed by atoms with Crippen LogP contribution >= 0.6 is 0 Å². The van der Waals surface area contributed by atoms with Crippen molar-refractivity contribution in [2.24, 2.45) is 0 Å². The molecule has 0 atom stereocenters. The molecular formula is C8H15NO. The van der Waals surface area contributed by atoms with E-state index in [1.807, 2.05) is 20.0 Å². The molecule has 0 aliphatic rings. The summed E-state index contributed by atoms with van der Waals surface area (Å²) in [7, 11) is 3.54. The zero-order valence-electron chi connectivity index (χ0n) is 6.90. The van der Waals surface area contributed by atoms with Crippen LogP contribution in [-0.4, -0.2) is 20.7 Å². The predicted octanol–water partition coefficient (Wildman–Crippen LogP) is 1.31. The number of likely N-dealkylation sites (N-methyl/N-ethyl adjacent to an activating group) is 1. The second kappa shape index (κ2) is 5.06. The first kappa shape index (κ1) is 9.24. The number of methoxy groups -OCH3 is 1. The van der Waals surface area contributed by atoms with Gasteiger partial charge in [0, 0.05) is 6.54 Å². The quantitative estimate of drug-likeness (QED) is 0.471. The van der Waals surface area contributed by atoms with E-state index in [1.165, 1.54) is 0 Å². The third-order valence-electron chi connectivity index (χ3n) is 1.13. The molecule has 2 heteroatoms. The van der Waals surface area contributed by atoms with Gasteiger partial charge in [0.15, 0.2) is 0 Å². The largest absolute Gasteiger partial charge is 0.501 e. The van der Waals surface area contributed by atoms with Gasteiger partial charge in [0.2, 0.25) is 0 Å². The van der Waals surface area contributed by atoms with E-state index in [-0.39, 0.29) is 0 Å². The van der Waals surface area contributed by atoms with Crippen LogP contribution in [0.1, 0.15) is 6.92 Å². The molecule has 0 aliphatic carbocycles. The zero-order chi connectivity index (χ0) is 7.98. The van der Waals surface area contributed by atoms with E-state index < -0.39 is 0 Å². The molecule has 0 rings (SSSR count). The van der Waals surface area contributed by atoms with Crippen LogP contribution in [0.15, 0.2) is 24.0 Å². The van der Waals surface area contributed by atoms with Gasteiger partial charge in [-0.2, -0.15) is 0 Å². The van der Waals surface area contributed by atoms with Crippen molar-refractivity contribution in [3.05, 3.63) is 24.0 Å². The normalized spacial score (nSPS) is 11.3. The average molecular weight is 141 g/mol. The van der Waals surface area contributed by atoms with Gasteiger partial charge >= 0.3 is 0 Å². The van der Waals surface area contributed by atoms with Crippen LogP contribution in [0.5, 0.6) is 0 Å². The van der Waals surface area contributed by atoms with Crippen LogP contribution < -0.4 is 5.32 Å². The number of rotatable bonds is 4. The third-order valence-corrected chi connectivity index (χ3v) is 1.13. The molecule has 0 unspecified atom stereocenters. The Kier molecular flexibility index (Phi) is 4.67. The molecule has 10 heavy (non-hydrogen) atoms. The zero-order valence-corrected chi connectivity index (χ0v) is 6.90.